The molecule has 0 amide bonds. The zero-order valence-electron chi connectivity index (χ0n) is 8.38. The van der Waals surface area contributed by atoms with E-state index < -0.39 is 0 Å². The first kappa shape index (κ1) is 8.98. The average molecular weight is 178 g/mol. The molecule has 2 rings (SSSR count). The minimum absolute atomic E-state index is 0.395. The van der Waals surface area contributed by atoms with Crippen LogP contribution >= 0.6 is 0 Å². The molecule has 0 heterocycles. The van der Waals surface area contributed by atoms with E-state index in [1.807, 2.05) is 6.08 Å². The Morgan fingerprint density at radius 3 is 2.85 bits per heavy atom. The van der Waals surface area contributed by atoms with Crippen molar-refractivity contribution in [1.29, 1.82) is 0 Å². The van der Waals surface area contributed by atoms with Crippen molar-refractivity contribution in [2.24, 2.45) is 11.8 Å². The van der Waals surface area contributed by atoms with E-state index >= 15 is 0 Å². The second-order valence-electron chi connectivity index (χ2n) is 4.46. The molecule has 0 aromatic rings. The summed E-state index contributed by atoms with van der Waals surface area (Å²) in [6.07, 6.45) is 9.25. The maximum Gasteiger partial charge on any atom is 0.159 e. The highest BCUT2D eigenvalue weighted by atomic mass is 16.1. The molecule has 0 saturated heterocycles. The topological polar surface area (TPSA) is 17.1 Å². The van der Waals surface area contributed by atoms with Crippen LogP contribution in [-0.4, -0.2) is 5.78 Å². The lowest BCUT2D eigenvalue weighted by Gasteiger charge is -2.05. The monoisotopic (exact) mass is 178 g/mol. The Labute approximate surface area is 80.2 Å². The van der Waals surface area contributed by atoms with E-state index in [1.165, 1.54) is 31.3 Å². The molecule has 0 bridgehead atoms. The summed E-state index contributed by atoms with van der Waals surface area (Å²) in [5.41, 5.74) is 1.42. The standard InChI is InChI=1S/C12H18O/c1-2-3-4-9-7-11(10-5-6-10)12(13)8-9/h8,10-11H,2-7H2,1H3. The molecular formula is C12H18O. The van der Waals surface area contributed by atoms with Crippen molar-refractivity contribution in [2.45, 2.75) is 45.4 Å². The molecule has 2 aliphatic rings. The van der Waals surface area contributed by atoms with E-state index in [0.29, 0.717) is 11.7 Å². The fourth-order valence-corrected chi connectivity index (χ4v) is 2.23. The van der Waals surface area contributed by atoms with E-state index in [-0.39, 0.29) is 0 Å². The summed E-state index contributed by atoms with van der Waals surface area (Å²) in [6, 6.07) is 0. The van der Waals surface area contributed by atoms with Gasteiger partial charge in [0.2, 0.25) is 0 Å². The van der Waals surface area contributed by atoms with Crippen LogP contribution in [-0.2, 0) is 4.79 Å². The number of allylic oxidation sites excluding steroid dienone is 2. The van der Waals surface area contributed by atoms with E-state index in [4.69, 9.17) is 0 Å². The Hall–Kier alpha value is -0.590. The van der Waals surface area contributed by atoms with Crippen molar-refractivity contribution in [1.82, 2.24) is 0 Å². The molecule has 13 heavy (non-hydrogen) atoms. The smallest absolute Gasteiger partial charge is 0.159 e. The van der Waals surface area contributed by atoms with E-state index in [1.54, 1.807) is 0 Å². The number of carbonyl (C=O) groups excluding carboxylic acids is 1. The second-order valence-corrected chi connectivity index (χ2v) is 4.46. The van der Waals surface area contributed by atoms with Crippen molar-refractivity contribution in [3.63, 3.8) is 0 Å². The molecule has 1 heteroatoms. The largest absolute Gasteiger partial charge is 0.295 e. The highest BCUT2D eigenvalue weighted by Gasteiger charge is 2.38. The average Bonchev–Trinajstić information content (AvgIpc) is 2.88. The minimum Gasteiger partial charge on any atom is -0.295 e. The minimum atomic E-state index is 0.395. The molecule has 0 spiro atoms. The van der Waals surface area contributed by atoms with Crippen LogP contribution in [0.25, 0.3) is 0 Å². The van der Waals surface area contributed by atoms with Crippen LogP contribution in [0.4, 0.5) is 0 Å². The van der Waals surface area contributed by atoms with Gasteiger partial charge in [-0.1, -0.05) is 18.9 Å². The number of ketones is 1. The summed E-state index contributed by atoms with van der Waals surface area (Å²) >= 11 is 0. The van der Waals surface area contributed by atoms with Crippen molar-refractivity contribution in [3.05, 3.63) is 11.6 Å². The van der Waals surface area contributed by atoms with Crippen molar-refractivity contribution in [3.8, 4) is 0 Å². The van der Waals surface area contributed by atoms with Crippen LogP contribution < -0.4 is 0 Å². The summed E-state index contributed by atoms with van der Waals surface area (Å²) in [6.45, 7) is 2.20. The number of rotatable bonds is 4. The Morgan fingerprint density at radius 1 is 1.46 bits per heavy atom. The molecule has 1 fully saturated rings. The normalized spacial score (nSPS) is 27.9. The van der Waals surface area contributed by atoms with Gasteiger partial charge >= 0.3 is 0 Å². The Kier molecular flexibility index (Phi) is 2.52. The van der Waals surface area contributed by atoms with Crippen molar-refractivity contribution >= 4 is 5.78 Å². The zero-order chi connectivity index (χ0) is 9.26. The molecule has 0 radical (unpaired) electrons. The number of hydrogen-bond acceptors (Lipinski definition) is 1. The fraction of sp³-hybridized carbons (Fsp3) is 0.750. The van der Waals surface area contributed by atoms with Crippen molar-refractivity contribution < 1.29 is 4.79 Å². The van der Waals surface area contributed by atoms with Crippen molar-refractivity contribution in [2.75, 3.05) is 0 Å². The first-order valence-electron chi connectivity index (χ1n) is 5.54. The highest BCUT2D eigenvalue weighted by Crippen LogP contribution is 2.43. The number of unbranched alkanes of at least 4 members (excludes halogenated alkanes) is 1. The van der Waals surface area contributed by atoms with E-state index in [2.05, 4.69) is 6.92 Å². The SMILES string of the molecule is CCCCC1=CC(=O)C(C2CC2)C1. The van der Waals surface area contributed by atoms with E-state index in [0.717, 1.165) is 18.8 Å². The lowest BCUT2D eigenvalue weighted by molar-refractivity contribution is -0.117. The summed E-state index contributed by atoms with van der Waals surface area (Å²) in [5.74, 6) is 1.57. The fourth-order valence-electron chi connectivity index (χ4n) is 2.23. The Balaban J connectivity index is 1.86. The first-order valence-corrected chi connectivity index (χ1v) is 5.54. The van der Waals surface area contributed by atoms with Gasteiger partial charge in [0, 0.05) is 5.92 Å². The number of hydrogen-bond donors (Lipinski definition) is 0. The first-order chi connectivity index (χ1) is 6.31. The molecule has 0 aromatic heterocycles. The summed E-state index contributed by atoms with van der Waals surface area (Å²) in [4.78, 5) is 11.6. The van der Waals surface area contributed by atoms with Crippen LogP contribution in [0, 0.1) is 11.8 Å². The Bertz CT molecular complexity index is 236. The van der Waals surface area contributed by atoms with Gasteiger partial charge in [0.05, 0.1) is 0 Å². The van der Waals surface area contributed by atoms with Gasteiger partial charge in [-0.3, -0.25) is 4.79 Å². The van der Waals surface area contributed by atoms with Crippen LogP contribution in [0.3, 0.4) is 0 Å². The Morgan fingerprint density at radius 2 is 2.23 bits per heavy atom. The lowest BCUT2D eigenvalue weighted by Crippen LogP contribution is -2.08. The quantitative estimate of drug-likeness (QED) is 0.646. The predicted molar refractivity (Wildman–Crippen MR) is 53.4 cm³/mol. The van der Waals surface area contributed by atoms with Gasteiger partial charge in [-0.25, -0.2) is 0 Å². The third kappa shape index (κ3) is 2.01. The van der Waals surface area contributed by atoms with Crippen LogP contribution in [0.15, 0.2) is 11.6 Å². The zero-order valence-corrected chi connectivity index (χ0v) is 8.38. The van der Waals surface area contributed by atoms with Crippen LogP contribution in [0.1, 0.15) is 45.4 Å². The highest BCUT2D eigenvalue weighted by molar-refractivity contribution is 5.95. The number of carbonyl (C=O) groups is 1. The molecule has 1 nitrogen and oxygen atoms in total. The molecule has 1 atom stereocenters. The van der Waals surface area contributed by atoms with Gasteiger partial charge in [-0.2, -0.15) is 0 Å². The van der Waals surface area contributed by atoms with E-state index in [9.17, 15) is 4.79 Å². The molecule has 1 saturated carbocycles. The van der Waals surface area contributed by atoms with Gasteiger partial charge in [0.15, 0.2) is 5.78 Å². The lowest BCUT2D eigenvalue weighted by atomic mass is 9.97. The van der Waals surface area contributed by atoms with Gasteiger partial charge in [-0.15, -0.1) is 0 Å². The third-order valence-electron chi connectivity index (χ3n) is 3.24. The molecule has 72 valence electrons. The summed E-state index contributed by atoms with van der Waals surface area (Å²) < 4.78 is 0. The van der Waals surface area contributed by atoms with Gasteiger partial charge in [-0.05, 0) is 44.1 Å². The second kappa shape index (κ2) is 3.65. The third-order valence-corrected chi connectivity index (χ3v) is 3.24. The maximum absolute atomic E-state index is 11.6. The van der Waals surface area contributed by atoms with Crippen LogP contribution in [0.5, 0.6) is 0 Å². The van der Waals surface area contributed by atoms with Gasteiger partial charge in [0.1, 0.15) is 0 Å². The predicted octanol–water partition coefficient (Wildman–Crippen LogP) is 3.10. The van der Waals surface area contributed by atoms with Gasteiger partial charge < -0.3 is 0 Å². The van der Waals surface area contributed by atoms with Gasteiger partial charge in [0.25, 0.3) is 0 Å². The summed E-state index contributed by atoms with van der Waals surface area (Å²) in [5, 5.41) is 0. The molecule has 0 aromatic carbocycles. The summed E-state index contributed by atoms with van der Waals surface area (Å²) in [7, 11) is 0. The molecular weight excluding hydrogens is 160 g/mol. The molecule has 1 unspecified atom stereocenters. The van der Waals surface area contributed by atoms with Crippen LogP contribution in [0.2, 0.25) is 0 Å². The maximum atomic E-state index is 11.6. The molecule has 2 aliphatic carbocycles. The molecule has 0 aliphatic heterocycles. The molecule has 0 N–H and O–H groups in total.